The van der Waals surface area contributed by atoms with Crippen LogP contribution in [0.4, 0.5) is 0 Å². The second-order valence-electron chi connectivity index (χ2n) is 2.84. The number of nitrogens with two attached hydrogens (primary N) is 1. The molecule has 0 aromatic carbocycles. The second-order valence-corrected chi connectivity index (χ2v) is 2.84. The SMILES string of the molecule is CC.CCC.NC(=O)Cn1ccccc1=O. The summed E-state index contributed by atoms with van der Waals surface area (Å²) in [6.45, 7) is 8.19. The fourth-order valence-electron chi connectivity index (χ4n) is 0.759. The lowest BCUT2D eigenvalue weighted by molar-refractivity contribution is -0.118. The van der Waals surface area contributed by atoms with Gasteiger partial charge >= 0.3 is 0 Å². The molecule has 1 heterocycles. The van der Waals surface area contributed by atoms with Gasteiger partial charge in [0.15, 0.2) is 0 Å². The molecule has 0 fully saturated rings. The number of hydrogen-bond acceptors (Lipinski definition) is 2. The molecule has 0 aliphatic carbocycles. The van der Waals surface area contributed by atoms with Crippen LogP contribution in [0.3, 0.4) is 0 Å². The zero-order valence-corrected chi connectivity index (χ0v) is 10.6. The van der Waals surface area contributed by atoms with Crippen molar-refractivity contribution in [1.29, 1.82) is 0 Å². The highest BCUT2D eigenvalue weighted by atomic mass is 16.2. The average Bonchev–Trinajstić information content (AvgIpc) is 2.25. The lowest BCUT2D eigenvalue weighted by Gasteiger charge is -1.98. The summed E-state index contributed by atoms with van der Waals surface area (Å²) in [4.78, 5) is 21.3. The smallest absolute Gasteiger partial charge is 0.250 e. The Hall–Kier alpha value is -1.58. The summed E-state index contributed by atoms with van der Waals surface area (Å²) in [6.07, 6.45) is 2.77. The Morgan fingerprint density at radius 3 is 2.19 bits per heavy atom. The normalized spacial score (nSPS) is 8.00. The van der Waals surface area contributed by atoms with E-state index in [0.717, 1.165) is 0 Å². The van der Waals surface area contributed by atoms with Crippen molar-refractivity contribution in [2.75, 3.05) is 0 Å². The molecule has 0 radical (unpaired) electrons. The molecule has 92 valence electrons. The second kappa shape index (κ2) is 11.5. The molecule has 4 heteroatoms. The van der Waals surface area contributed by atoms with Crippen LogP contribution in [0.2, 0.25) is 0 Å². The van der Waals surface area contributed by atoms with Crippen molar-refractivity contribution in [3.8, 4) is 0 Å². The minimum Gasteiger partial charge on any atom is -0.368 e. The van der Waals surface area contributed by atoms with E-state index in [1.54, 1.807) is 12.1 Å². The summed E-state index contributed by atoms with van der Waals surface area (Å²) in [6, 6.07) is 4.66. The molecule has 0 aliphatic heterocycles. The predicted octanol–water partition coefficient (Wildman–Crippen LogP) is 1.78. The van der Waals surface area contributed by atoms with Crippen LogP contribution in [0, 0.1) is 0 Å². The topological polar surface area (TPSA) is 65.1 Å². The van der Waals surface area contributed by atoms with Crippen LogP contribution >= 0.6 is 0 Å². The number of rotatable bonds is 2. The summed E-state index contributed by atoms with van der Waals surface area (Å²) in [7, 11) is 0. The number of nitrogens with zero attached hydrogens (tertiary/aromatic N) is 1. The van der Waals surface area contributed by atoms with Crippen LogP contribution < -0.4 is 11.3 Å². The minimum atomic E-state index is -0.515. The van der Waals surface area contributed by atoms with E-state index in [9.17, 15) is 9.59 Å². The van der Waals surface area contributed by atoms with Crippen molar-refractivity contribution in [3.05, 3.63) is 34.7 Å². The van der Waals surface area contributed by atoms with Crippen molar-refractivity contribution >= 4 is 5.91 Å². The Balaban J connectivity index is 0. The Bertz CT molecular complexity index is 332. The first-order valence-electron chi connectivity index (χ1n) is 5.55. The maximum atomic E-state index is 10.9. The molecule has 2 N–H and O–H groups in total. The zero-order chi connectivity index (χ0) is 13.0. The largest absolute Gasteiger partial charge is 0.368 e. The number of carbonyl (C=O) groups excluding carboxylic acids is 1. The fraction of sp³-hybridized carbons (Fsp3) is 0.500. The summed E-state index contributed by atoms with van der Waals surface area (Å²) in [5.74, 6) is -0.515. The monoisotopic (exact) mass is 226 g/mol. The molecule has 0 bridgehead atoms. The molecule has 0 saturated heterocycles. The Labute approximate surface area is 97.1 Å². The van der Waals surface area contributed by atoms with Crippen molar-refractivity contribution in [3.63, 3.8) is 0 Å². The molecule has 0 unspecified atom stereocenters. The number of amides is 1. The van der Waals surface area contributed by atoms with Crippen molar-refractivity contribution in [1.82, 2.24) is 4.57 Å². The van der Waals surface area contributed by atoms with Crippen LogP contribution in [-0.4, -0.2) is 10.5 Å². The third-order valence-corrected chi connectivity index (χ3v) is 1.23. The maximum absolute atomic E-state index is 10.9. The van der Waals surface area contributed by atoms with E-state index in [4.69, 9.17) is 5.73 Å². The molecule has 4 nitrogen and oxygen atoms in total. The first-order chi connectivity index (χ1) is 7.61. The number of pyridine rings is 1. The Morgan fingerprint density at radius 2 is 1.81 bits per heavy atom. The van der Waals surface area contributed by atoms with Crippen LogP contribution in [0.25, 0.3) is 0 Å². The van der Waals surface area contributed by atoms with Gasteiger partial charge in [0, 0.05) is 12.3 Å². The summed E-state index contributed by atoms with van der Waals surface area (Å²) in [5, 5.41) is 0. The summed E-state index contributed by atoms with van der Waals surface area (Å²) in [5.41, 5.74) is 4.68. The highest BCUT2D eigenvalue weighted by molar-refractivity contribution is 5.73. The molecule has 1 aromatic rings. The molecular formula is C12H22N2O2. The van der Waals surface area contributed by atoms with Gasteiger partial charge in [-0.05, 0) is 6.07 Å². The fourth-order valence-corrected chi connectivity index (χ4v) is 0.759. The zero-order valence-electron chi connectivity index (χ0n) is 10.6. The van der Waals surface area contributed by atoms with E-state index in [1.807, 2.05) is 13.8 Å². The quantitative estimate of drug-likeness (QED) is 0.835. The van der Waals surface area contributed by atoms with Gasteiger partial charge in [0.2, 0.25) is 5.91 Å². The number of primary amides is 1. The molecular weight excluding hydrogens is 204 g/mol. The van der Waals surface area contributed by atoms with E-state index >= 15 is 0 Å². The summed E-state index contributed by atoms with van der Waals surface area (Å²) < 4.78 is 1.25. The number of aromatic nitrogens is 1. The van der Waals surface area contributed by atoms with Crippen molar-refractivity contribution in [2.24, 2.45) is 5.73 Å². The van der Waals surface area contributed by atoms with Crippen LogP contribution in [0.1, 0.15) is 34.1 Å². The van der Waals surface area contributed by atoms with Gasteiger partial charge in [-0.2, -0.15) is 0 Å². The minimum absolute atomic E-state index is 0.0559. The highest BCUT2D eigenvalue weighted by Gasteiger charge is 1.96. The third-order valence-electron chi connectivity index (χ3n) is 1.23. The Kier molecular flexibility index (Phi) is 12.1. The molecule has 0 saturated carbocycles. The van der Waals surface area contributed by atoms with Gasteiger partial charge in [0.1, 0.15) is 6.54 Å². The van der Waals surface area contributed by atoms with E-state index in [2.05, 4.69) is 13.8 Å². The number of hydrogen-bond donors (Lipinski definition) is 1. The molecule has 0 atom stereocenters. The van der Waals surface area contributed by atoms with E-state index in [1.165, 1.54) is 23.3 Å². The first-order valence-corrected chi connectivity index (χ1v) is 5.55. The lowest BCUT2D eigenvalue weighted by Crippen LogP contribution is -2.26. The molecule has 1 aromatic heterocycles. The van der Waals surface area contributed by atoms with E-state index in [0.29, 0.717) is 0 Å². The number of carbonyl (C=O) groups is 1. The molecule has 0 aliphatic rings. The van der Waals surface area contributed by atoms with Gasteiger partial charge in [-0.3, -0.25) is 9.59 Å². The molecule has 1 rings (SSSR count). The van der Waals surface area contributed by atoms with Gasteiger partial charge in [-0.15, -0.1) is 0 Å². The molecule has 16 heavy (non-hydrogen) atoms. The van der Waals surface area contributed by atoms with Gasteiger partial charge < -0.3 is 10.3 Å². The first kappa shape index (κ1) is 16.8. The van der Waals surface area contributed by atoms with Gasteiger partial charge in [-0.1, -0.05) is 40.2 Å². The van der Waals surface area contributed by atoms with Crippen LogP contribution in [-0.2, 0) is 11.3 Å². The van der Waals surface area contributed by atoms with Crippen LogP contribution in [0.15, 0.2) is 29.2 Å². The van der Waals surface area contributed by atoms with E-state index in [-0.39, 0.29) is 12.1 Å². The van der Waals surface area contributed by atoms with Gasteiger partial charge in [-0.25, -0.2) is 0 Å². The van der Waals surface area contributed by atoms with Gasteiger partial charge in [0.25, 0.3) is 5.56 Å². The molecule has 1 amide bonds. The lowest BCUT2D eigenvalue weighted by atomic mass is 10.4. The Morgan fingerprint density at radius 1 is 1.31 bits per heavy atom. The maximum Gasteiger partial charge on any atom is 0.250 e. The third kappa shape index (κ3) is 8.99. The summed E-state index contributed by atoms with van der Waals surface area (Å²) >= 11 is 0. The predicted molar refractivity (Wildman–Crippen MR) is 67.2 cm³/mol. The average molecular weight is 226 g/mol. The van der Waals surface area contributed by atoms with Crippen LogP contribution in [0.5, 0.6) is 0 Å². The van der Waals surface area contributed by atoms with Crippen molar-refractivity contribution < 1.29 is 4.79 Å². The standard InChI is InChI=1S/C7H8N2O2.C3H8.C2H6/c8-6(10)5-9-4-2-1-3-7(9)11;1-3-2;1-2/h1-4H,5H2,(H2,8,10);3H2,1-2H3;1-2H3. The molecule has 0 spiro atoms. The van der Waals surface area contributed by atoms with Gasteiger partial charge in [0.05, 0.1) is 0 Å². The van der Waals surface area contributed by atoms with Crippen molar-refractivity contribution in [2.45, 2.75) is 40.7 Å². The highest BCUT2D eigenvalue weighted by Crippen LogP contribution is 1.79. The van der Waals surface area contributed by atoms with E-state index < -0.39 is 5.91 Å².